The maximum Gasteiger partial charge on any atom is 0.490 e. The summed E-state index contributed by atoms with van der Waals surface area (Å²) in [7, 11) is 0. The first-order chi connectivity index (χ1) is 14.1. The maximum atomic E-state index is 13.7. The molecule has 0 aromatic heterocycles. The van der Waals surface area contributed by atoms with Crippen molar-refractivity contribution in [2.24, 2.45) is 5.92 Å². The Bertz CT molecular complexity index is 736. The standard InChI is InChI=1S/C18H24F2N2O.C2HF3O2/c19-16-5-6-17(20)15(10-16)11-18(23)22-9-3-4-14(13-22)12-21-7-1-2-8-21;3-2(4,5)1(6)7/h5-6,10,14H,1-4,7-9,11-13H2;(H,6,7). The van der Waals surface area contributed by atoms with Crippen molar-refractivity contribution in [2.45, 2.75) is 38.3 Å². The van der Waals surface area contributed by atoms with Gasteiger partial charge in [0.1, 0.15) is 11.6 Å². The number of likely N-dealkylation sites (tertiary alicyclic amines) is 2. The van der Waals surface area contributed by atoms with Crippen LogP contribution in [0, 0.1) is 17.6 Å². The number of benzene rings is 1. The molecule has 2 aliphatic rings. The number of carbonyl (C=O) groups excluding carboxylic acids is 1. The predicted molar refractivity (Wildman–Crippen MR) is 98.7 cm³/mol. The monoisotopic (exact) mass is 436 g/mol. The Morgan fingerprint density at radius 1 is 1.07 bits per heavy atom. The largest absolute Gasteiger partial charge is 0.490 e. The lowest BCUT2D eigenvalue weighted by atomic mass is 9.96. The Morgan fingerprint density at radius 3 is 2.30 bits per heavy atom. The van der Waals surface area contributed by atoms with E-state index in [1.807, 2.05) is 4.90 Å². The van der Waals surface area contributed by atoms with Gasteiger partial charge in [-0.1, -0.05) is 0 Å². The van der Waals surface area contributed by atoms with Crippen LogP contribution in [0.1, 0.15) is 31.2 Å². The van der Waals surface area contributed by atoms with Gasteiger partial charge < -0.3 is 14.9 Å². The Labute approximate surface area is 171 Å². The zero-order valence-electron chi connectivity index (χ0n) is 16.4. The number of rotatable bonds is 4. The van der Waals surface area contributed by atoms with Gasteiger partial charge in [0.05, 0.1) is 6.42 Å². The summed E-state index contributed by atoms with van der Waals surface area (Å²) in [6.07, 6.45) is -0.451. The molecule has 0 bridgehead atoms. The van der Waals surface area contributed by atoms with Crippen LogP contribution >= 0.6 is 0 Å². The summed E-state index contributed by atoms with van der Waals surface area (Å²) in [5.41, 5.74) is 0.150. The van der Waals surface area contributed by atoms with Crippen molar-refractivity contribution in [2.75, 3.05) is 32.7 Å². The molecule has 30 heavy (non-hydrogen) atoms. The summed E-state index contributed by atoms with van der Waals surface area (Å²) in [4.78, 5) is 25.6. The predicted octanol–water partition coefficient (Wildman–Crippen LogP) is 3.48. The number of alkyl halides is 3. The number of hydrogen-bond acceptors (Lipinski definition) is 3. The molecule has 10 heteroatoms. The van der Waals surface area contributed by atoms with Gasteiger partial charge in [0, 0.05) is 25.2 Å². The second-order valence-electron chi connectivity index (χ2n) is 7.57. The first-order valence-electron chi connectivity index (χ1n) is 9.80. The number of piperidine rings is 1. The first-order valence-corrected chi connectivity index (χ1v) is 9.80. The van der Waals surface area contributed by atoms with Crippen molar-refractivity contribution in [1.29, 1.82) is 0 Å². The van der Waals surface area contributed by atoms with Crippen LogP contribution in [0.15, 0.2) is 18.2 Å². The number of aliphatic carboxylic acids is 1. The highest BCUT2D eigenvalue weighted by molar-refractivity contribution is 5.79. The van der Waals surface area contributed by atoms with Crippen LogP contribution in [0.4, 0.5) is 22.0 Å². The molecule has 1 amide bonds. The van der Waals surface area contributed by atoms with Crippen LogP contribution in [0.2, 0.25) is 0 Å². The molecule has 3 rings (SSSR count). The molecule has 2 fully saturated rings. The third-order valence-electron chi connectivity index (χ3n) is 5.18. The summed E-state index contributed by atoms with van der Waals surface area (Å²) in [5.74, 6) is -3.36. The lowest BCUT2D eigenvalue weighted by Gasteiger charge is -2.34. The fourth-order valence-electron chi connectivity index (χ4n) is 3.72. The van der Waals surface area contributed by atoms with Gasteiger partial charge in [-0.15, -0.1) is 0 Å². The van der Waals surface area contributed by atoms with Crippen molar-refractivity contribution in [3.8, 4) is 0 Å². The lowest BCUT2D eigenvalue weighted by molar-refractivity contribution is -0.192. The van der Waals surface area contributed by atoms with E-state index in [0.717, 1.165) is 50.7 Å². The van der Waals surface area contributed by atoms with Crippen molar-refractivity contribution in [3.05, 3.63) is 35.4 Å². The van der Waals surface area contributed by atoms with Crippen LogP contribution in [-0.2, 0) is 16.0 Å². The van der Waals surface area contributed by atoms with E-state index in [-0.39, 0.29) is 17.9 Å². The Kier molecular flexibility index (Phi) is 8.57. The van der Waals surface area contributed by atoms with Gasteiger partial charge >= 0.3 is 12.1 Å². The summed E-state index contributed by atoms with van der Waals surface area (Å²) in [6, 6.07) is 3.29. The van der Waals surface area contributed by atoms with Crippen molar-refractivity contribution < 1.29 is 36.6 Å². The van der Waals surface area contributed by atoms with Gasteiger partial charge in [0.2, 0.25) is 5.91 Å². The van der Waals surface area contributed by atoms with Gasteiger partial charge in [-0.25, -0.2) is 13.6 Å². The average molecular weight is 436 g/mol. The fraction of sp³-hybridized carbons (Fsp3) is 0.600. The minimum atomic E-state index is -5.08. The number of nitrogens with zero attached hydrogens (tertiary/aromatic N) is 2. The summed E-state index contributed by atoms with van der Waals surface area (Å²) in [5, 5.41) is 7.12. The molecule has 1 aromatic carbocycles. The fourth-order valence-corrected chi connectivity index (χ4v) is 3.72. The number of carboxylic acid groups (broad SMARTS) is 1. The van der Waals surface area contributed by atoms with Crippen molar-refractivity contribution in [3.63, 3.8) is 0 Å². The molecule has 2 aliphatic heterocycles. The molecule has 1 atom stereocenters. The maximum absolute atomic E-state index is 13.7. The molecule has 0 aliphatic carbocycles. The second-order valence-corrected chi connectivity index (χ2v) is 7.57. The molecule has 0 radical (unpaired) electrons. The quantitative estimate of drug-likeness (QED) is 0.735. The van der Waals surface area contributed by atoms with Gasteiger partial charge in [-0.3, -0.25) is 4.79 Å². The van der Waals surface area contributed by atoms with Crippen molar-refractivity contribution in [1.82, 2.24) is 9.80 Å². The highest BCUT2D eigenvalue weighted by Gasteiger charge is 2.38. The summed E-state index contributed by atoms with van der Waals surface area (Å²) >= 11 is 0. The molecule has 1 aromatic rings. The normalized spacial score (nSPS) is 19.9. The molecular weight excluding hydrogens is 411 g/mol. The highest BCUT2D eigenvalue weighted by atomic mass is 19.4. The van der Waals surface area contributed by atoms with E-state index in [1.54, 1.807) is 0 Å². The molecule has 168 valence electrons. The SMILES string of the molecule is O=C(Cc1cc(F)ccc1F)N1CCCC(CN2CCCC2)C1.O=C(O)C(F)(F)F. The van der Waals surface area contributed by atoms with E-state index in [1.165, 1.54) is 25.9 Å². The van der Waals surface area contributed by atoms with Gasteiger partial charge in [0.25, 0.3) is 0 Å². The van der Waals surface area contributed by atoms with E-state index in [4.69, 9.17) is 9.90 Å². The molecule has 1 N–H and O–H groups in total. The third-order valence-corrected chi connectivity index (χ3v) is 5.18. The van der Waals surface area contributed by atoms with E-state index < -0.39 is 23.8 Å². The van der Waals surface area contributed by atoms with Crippen LogP contribution in [0.25, 0.3) is 0 Å². The zero-order chi connectivity index (χ0) is 22.3. The number of amides is 1. The Balaban J connectivity index is 0.000000396. The highest BCUT2D eigenvalue weighted by Crippen LogP contribution is 2.21. The molecule has 0 spiro atoms. The number of hydrogen-bond donors (Lipinski definition) is 1. The zero-order valence-corrected chi connectivity index (χ0v) is 16.4. The second kappa shape index (κ2) is 10.7. The van der Waals surface area contributed by atoms with Crippen molar-refractivity contribution >= 4 is 11.9 Å². The number of halogens is 5. The van der Waals surface area contributed by atoms with Crippen LogP contribution in [0.3, 0.4) is 0 Å². The van der Waals surface area contributed by atoms with Crippen LogP contribution < -0.4 is 0 Å². The van der Waals surface area contributed by atoms with Gasteiger partial charge in [-0.05, 0) is 62.9 Å². The molecule has 0 saturated carbocycles. The van der Waals surface area contributed by atoms with Crippen LogP contribution in [0.5, 0.6) is 0 Å². The smallest absolute Gasteiger partial charge is 0.475 e. The molecule has 2 saturated heterocycles. The van der Waals surface area contributed by atoms with Gasteiger partial charge in [-0.2, -0.15) is 13.2 Å². The van der Waals surface area contributed by atoms with E-state index in [2.05, 4.69) is 4.90 Å². The molecule has 5 nitrogen and oxygen atoms in total. The van der Waals surface area contributed by atoms with E-state index >= 15 is 0 Å². The molecular formula is C20H25F5N2O3. The van der Waals surface area contributed by atoms with Crippen LogP contribution in [-0.4, -0.2) is 65.7 Å². The Hall–Kier alpha value is -2.23. The van der Waals surface area contributed by atoms with Gasteiger partial charge in [0.15, 0.2) is 0 Å². The third kappa shape index (κ3) is 7.55. The molecule has 1 unspecified atom stereocenters. The number of carboxylic acids is 1. The summed E-state index contributed by atoms with van der Waals surface area (Å²) in [6.45, 7) is 4.86. The molecule has 2 heterocycles. The first kappa shape index (κ1) is 24.0. The van der Waals surface area contributed by atoms with E-state index in [9.17, 15) is 26.7 Å². The average Bonchev–Trinajstić information content (AvgIpc) is 3.17. The summed E-state index contributed by atoms with van der Waals surface area (Å²) < 4.78 is 58.7. The minimum absolute atomic E-state index is 0.0555. The van der Waals surface area contributed by atoms with E-state index in [0.29, 0.717) is 5.92 Å². The number of carbonyl (C=O) groups is 2. The minimum Gasteiger partial charge on any atom is -0.475 e. The lowest BCUT2D eigenvalue weighted by Crippen LogP contribution is -2.44. The topological polar surface area (TPSA) is 60.9 Å². The Morgan fingerprint density at radius 2 is 1.70 bits per heavy atom.